The van der Waals surface area contributed by atoms with Crippen LogP contribution in [0, 0.1) is 0 Å². The highest BCUT2D eigenvalue weighted by atomic mass is 32.5. The molecule has 0 unspecified atom stereocenters. The summed E-state index contributed by atoms with van der Waals surface area (Å²) >= 11 is 5.30. The van der Waals surface area contributed by atoms with E-state index in [9.17, 15) is 0 Å². The van der Waals surface area contributed by atoms with Crippen LogP contribution in [0.15, 0.2) is 29.0 Å². The van der Waals surface area contributed by atoms with Gasteiger partial charge in [-0.3, -0.25) is 0 Å². The molecule has 1 rings (SSSR count). The van der Waals surface area contributed by atoms with Crippen LogP contribution in [0.4, 0.5) is 0 Å². The molecule has 0 bridgehead atoms. The molecule has 0 radical (unpaired) electrons. The molecule has 0 spiro atoms. The summed E-state index contributed by atoms with van der Waals surface area (Å²) in [7, 11) is 1.63. The summed E-state index contributed by atoms with van der Waals surface area (Å²) in [5.41, 5.74) is 0.906. The van der Waals surface area contributed by atoms with Crippen molar-refractivity contribution in [1.82, 2.24) is 0 Å². The Morgan fingerprint density at radius 2 is 1.94 bits per heavy atom. The zero-order chi connectivity index (χ0) is 13.4. The van der Waals surface area contributed by atoms with E-state index in [1.165, 1.54) is 0 Å². The number of hydrogen-bond donors (Lipinski definition) is 0. The summed E-state index contributed by atoms with van der Waals surface area (Å²) in [4.78, 5) is 0. The molecule has 0 aliphatic rings. The molecule has 0 amide bonds. The van der Waals surface area contributed by atoms with Crippen molar-refractivity contribution in [2.45, 2.75) is 13.8 Å². The molecule has 6 heteroatoms. The predicted molar refractivity (Wildman–Crippen MR) is 78.1 cm³/mol. The molecule has 1 aromatic rings. The van der Waals surface area contributed by atoms with Crippen molar-refractivity contribution in [2.24, 2.45) is 4.76 Å². The molecule has 0 N–H and O–H groups in total. The molecular formula is C12H18NO3PS. The third-order valence-electron chi connectivity index (χ3n) is 2.03. The second-order valence-corrected chi connectivity index (χ2v) is 6.39. The maximum Gasteiger partial charge on any atom is 0.308 e. The molecule has 0 heterocycles. The van der Waals surface area contributed by atoms with Crippen LogP contribution in [0.3, 0.4) is 0 Å². The van der Waals surface area contributed by atoms with Crippen LogP contribution in [0.5, 0.6) is 5.75 Å². The van der Waals surface area contributed by atoms with Gasteiger partial charge in [0.05, 0.1) is 20.3 Å². The van der Waals surface area contributed by atoms with E-state index in [4.69, 9.17) is 25.6 Å². The highest BCUT2D eigenvalue weighted by Crippen LogP contribution is 2.49. The molecular weight excluding hydrogens is 269 g/mol. The van der Waals surface area contributed by atoms with Crippen LogP contribution in [0.25, 0.3) is 0 Å². The Labute approximate surface area is 113 Å². The van der Waals surface area contributed by atoms with Crippen molar-refractivity contribution in [1.29, 1.82) is 0 Å². The van der Waals surface area contributed by atoms with Crippen LogP contribution >= 0.6 is 6.64 Å². The fraction of sp³-hybridized carbons (Fsp3) is 0.417. The molecule has 0 aliphatic heterocycles. The molecule has 18 heavy (non-hydrogen) atoms. The largest absolute Gasteiger partial charge is 0.497 e. The number of methoxy groups -OCH3 is 1. The van der Waals surface area contributed by atoms with Gasteiger partial charge < -0.3 is 13.8 Å². The fourth-order valence-electron chi connectivity index (χ4n) is 1.29. The van der Waals surface area contributed by atoms with Crippen molar-refractivity contribution in [3.8, 4) is 5.75 Å². The molecule has 0 fully saturated rings. The lowest BCUT2D eigenvalue weighted by Gasteiger charge is -2.15. The monoisotopic (exact) mass is 287 g/mol. The molecule has 0 saturated heterocycles. The van der Waals surface area contributed by atoms with Crippen molar-refractivity contribution in [3.63, 3.8) is 0 Å². The fourth-order valence-corrected chi connectivity index (χ4v) is 3.20. The lowest BCUT2D eigenvalue weighted by Crippen LogP contribution is -1.94. The molecule has 0 saturated carbocycles. The SMILES string of the molecule is CCOP(=S)(/N=C/c1cccc(OC)c1)OCC. The maximum atomic E-state index is 5.42. The van der Waals surface area contributed by atoms with E-state index in [0.717, 1.165) is 11.3 Å². The van der Waals surface area contributed by atoms with Crippen LogP contribution in [-0.4, -0.2) is 26.5 Å². The topological polar surface area (TPSA) is 40.0 Å². The Balaban J connectivity index is 2.85. The van der Waals surface area contributed by atoms with Gasteiger partial charge in [-0.05, 0) is 43.4 Å². The van der Waals surface area contributed by atoms with E-state index in [0.29, 0.717) is 13.2 Å². The molecule has 0 aromatic heterocycles. The predicted octanol–water partition coefficient (Wildman–Crippen LogP) is 3.41. The Morgan fingerprint density at radius 1 is 1.28 bits per heavy atom. The average molecular weight is 287 g/mol. The van der Waals surface area contributed by atoms with Crippen molar-refractivity contribution >= 4 is 24.7 Å². The van der Waals surface area contributed by atoms with Crippen LogP contribution in [-0.2, 0) is 20.9 Å². The minimum Gasteiger partial charge on any atom is -0.497 e. The number of rotatable bonds is 7. The third-order valence-corrected chi connectivity index (χ3v) is 4.51. The zero-order valence-corrected chi connectivity index (χ0v) is 12.5. The summed E-state index contributed by atoms with van der Waals surface area (Å²) in [5, 5.41) is 0. The van der Waals surface area contributed by atoms with Gasteiger partial charge in [-0.15, -0.1) is 0 Å². The van der Waals surface area contributed by atoms with E-state index in [1.807, 2.05) is 38.1 Å². The summed E-state index contributed by atoms with van der Waals surface area (Å²) in [6, 6.07) is 7.56. The quantitative estimate of drug-likeness (QED) is 0.569. The number of benzene rings is 1. The van der Waals surface area contributed by atoms with Gasteiger partial charge >= 0.3 is 6.64 Å². The Morgan fingerprint density at radius 3 is 2.50 bits per heavy atom. The minimum absolute atomic E-state index is 0.493. The van der Waals surface area contributed by atoms with Crippen molar-refractivity contribution in [3.05, 3.63) is 29.8 Å². The summed E-state index contributed by atoms with van der Waals surface area (Å²) < 4.78 is 20.3. The van der Waals surface area contributed by atoms with E-state index in [2.05, 4.69) is 4.76 Å². The van der Waals surface area contributed by atoms with Gasteiger partial charge in [0.15, 0.2) is 0 Å². The average Bonchev–Trinajstić information content (AvgIpc) is 2.37. The summed E-state index contributed by atoms with van der Waals surface area (Å²) in [5.74, 6) is 0.778. The molecule has 1 aromatic carbocycles. The van der Waals surface area contributed by atoms with Crippen LogP contribution in [0.2, 0.25) is 0 Å². The lowest BCUT2D eigenvalue weighted by atomic mass is 10.2. The minimum atomic E-state index is -2.55. The second-order valence-electron chi connectivity index (χ2n) is 3.33. The first-order chi connectivity index (χ1) is 8.63. The normalized spacial score (nSPS) is 11.9. The zero-order valence-electron chi connectivity index (χ0n) is 10.8. The standard InChI is InChI=1S/C12H18NO3PS/c1-4-15-17(18,16-5-2)13-10-11-7-6-8-12(9-11)14-3/h6-10H,4-5H2,1-3H3/b13-10+. The van der Waals surface area contributed by atoms with E-state index >= 15 is 0 Å². The second kappa shape index (κ2) is 7.64. The van der Waals surface area contributed by atoms with Gasteiger partial charge in [0, 0.05) is 6.21 Å². The van der Waals surface area contributed by atoms with Gasteiger partial charge in [0.25, 0.3) is 0 Å². The number of ether oxygens (including phenoxy) is 1. The first-order valence-corrected chi connectivity index (χ1v) is 8.31. The Kier molecular flexibility index (Phi) is 6.50. The van der Waals surface area contributed by atoms with E-state index in [-0.39, 0.29) is 0 Å². The smallest absolute Gasteiger partial charge is 0.308 e. The van der Waals surface area contributed by atoms with Gasteiger partial charge in [0.1, 0.15) is 5.75 Å². The third kappa shape index (κ3) is 4.86. The first kappa shape index (κ1) is 15.3. The highest BCUT2D eigenvalue weighted by Gasteiger charge is 2.14. The Hall–Kier alpha value is -0.740. The summed E-state index contributed by atoms with van der Waals surface area (Å²) in [6.07, 6.45) is 1.68. The Bertz CT molecular complexity index is 441. The van der Waals surface area contributed by atoms with Crippen molar-refractivity contribution < 1.29 is 13.8 Å². The maximum absolute atomic E-state index is 5.42. The van der Waals surface area contributed by atoms with Gasteiger partial charge in [0.2, 0.25) is 0 Å². The molecule has 0 atom stereocenters. The van der Waals surface area contributed by atoms with Crippen molar-refractivity contribution in [2.75, 3.05) is 20.3 Å². The number of hydrogen-bond acceptors (Lipinski definition) is 4. The highest BCUT2D eigenvalue weighted by molar-refractivity contribution is 8.09. The van der Waals surface area contributed by atoms with Crippen LogP contribution < -0.4 is 4.74 Å². The van der Waals surface area contributed by atoms with Gasteiger partial charge in [-0.25, -0.2) is 4.76 Å². The lowest BCUT2D eigenvalue weighted by molar-refractivity contribution is 0.268. The van der Waals surface area contributed by atoms with E-state index < -0.39 is 6.64 Å². The van der Waals surface area contributed by atoms with E-state index in [1.54, 1.807) is 13.3 Å². The molecule has 100 valence electrons. The first-order valence-electron chi connectivity index (χ1n) is 5.72. The molecule has 0 aliphatic carbocycles. The molecule has 4 nitrogen and oxygen atoms in total. The van der Waals surface area contributed by atoms with Crippen LogP contribution in [0.1, 0.15) is 19.4 Å². The van der Waals surface area contributed by atoms with Gasteiger partial charge in [-0.1, -0.05) is 12.1 Å². The number of nitrogens with zero attached hydrogens (tertiary/aromatic N) is 1. The van der Waals surface area contributed by atoms with Gasteiger partial charge in [-0.2, -0.15) is 0 Å². The summed E-state index contributed by atoms with van der Waals surface area (Å²) in [6.45, 7) is 2.19.